The third-order valence-corrected chi connectivity index (χ3v) is 3.87. The zero-order chi connectivity index (χ0) is 15.1. The molecule has 0 aliphatic rings. The molecule has 1 N–H and O–H groups in total. The van der Waals surface area contributed by atoms with Gasteiger partial charge in [0.25, 0.3) is 0 Å². The van der Waals surface area contributed by atoms with Crippen LogP contribution < -0.4 is 5.32 Å². The Bertz CT molecular complexity index is 550. The molecule has 1 aromatic carbocycles. The predicted molar refractivity (Wildman–Crippen MR) is 87.7 cm³/mol. The fraction of sp³-hybridized carbons (Fsp3) is 0.588. The average molecular weight is 289 g/mol. The molecule has 0 saturated carbocycles. The lowest BCUT2D eigenvalue weighted by Gasteiger charge is -2.18. The van der Waals surface area contributed by atoms with Crippen LogP contribution in [0.15, 0.2) is 24.3 Å². The van der Waals surface area contributed by atoms with Gasteiger partial charge in [-0.2, -0.15) is 0 Å². The zero-order valence-electron chi connectivity index (χ0n) is 13.4. The summed E-state index contributed by atoms with van der Waals surface area (Å²) in [6, 6.07) is 8.85. The van der Waals surface area contributed by atoms with E-state index in [2.05, 4.69) is 48.0 Å². The molecule has 2 aromatic rings. The number of rotatable bonds is 9. The Balaban J connectivity index is 2.15. The first-order chi connectivity index (χ1) is 10.3. The molecule has 0 saturated heterocycles. The van der Waals surface area contributed by atoms with Crippen LogP contribution in [-0.2, 0) is 17.7 Å². The maximum Gasteiger partial charge on any atom is 0.111 e. The Hall–Kier alpha value is -1.39. The summed E-state index contributed by atoms with van der Waals surface area (Å²) in [5.41, 5.74) is 2.34. The highest BCUT2D eigenvalue weighted by atomic mass is 16.5. The van der Waals surface area contributed by atoms with E-state index in [1.54, 1.807) is 7.11 Å². The minimum absolute atomic E-state index is 0.465. The van der Waals surface area contributed by atoms with Crippen molar-refractivity contribution in [1.82, 2.24) is 14.9 Å². The van der Waals surface area contributed by atoms with Crippen LogP contribution in [0.25, 0.3) is 11.0 Å². The number of benzene rings is 1. The summed E-state index contributed by atoms with van der Waals surface area (Å²) in [5, 5.41) is 3.58. The van der Waals surface area contributed by atoms with Crippen molar-refractivity contribution in [1.29, 1.82) is 0 Å². The molecule has 0 aliphatic heterocycles. The van der Waals surface area contributed by atoms with Crippen LogP contribution in [0.5, 0.6) is 0 Å². The van der Waals surface area contributed by atoms with E-state index in [1.165, 1.54) is 11.3 Å². The van der Waals surface area contributed by atoms with Gasteiger partial charge in [0.1, 0.15) is 5.82 Å². The Kier molecular flexibility index (Phi) is 6.21. The largest absolute Gasteiger partial charge is 0.385 e. The number of nitrogens with one attached hydrogen (secondary N) is 1. The van der Waals surface area contributed by atoms with E-state index < -0.39 is 0 Å². The lowest BCUT2D eigenvalue weighted by atomic mass is 10.1. The van der Waals surface area contributed by atoms with Gasteiger partial charge in [-0.25, -0.2) is 4.98 Å². The second-order valence-corrected chi connectivity index (χ2v) is 5.35. The van der Waals surface area contributed by atoms with Crippen LogP contribution in [0.2, 0.25) is 0 Å². The van der Waals surface area contributed by atoms with Gasteiger partial charge in [-0.05, 0) is 38.4 Å². The standard InChI is InChI=1S/C17H27N3O/c1-4-18-14(9-8-12-21-3)13-17-19-15-10-6-7-11-16(15)20(17)5-2/h6-7,10-11,14,18H,4-5,8-9,12-13H2,1-3H3. The van der Waals surface area contributed by atoms with Crippen LogP contribution in [0, 0.1) is 0 Å². The highest BCUT2D eigenvalue weighted by molar-refractivity contribution is 5.75. The number of nitrogens with zero attached hydrogens (tertiary/aromatic N) is 2. The van der Waals surface area contributed by atoms with Crippen molar-refractivity contribution in [3.05, 3.63) is 30.1 Å². The molecule has 0 spiro atoms. The van der Waals surface area contributed by atoms with Gasteiger partial charge >= 0.3 is 0 Å². The van der Waals surface area contributed by atoms with E-state index >= 15 is 0 Å². The van der Waals surface area contributed by atoms with E-state index in [-0.39, 0.29) is 0 Å². The molecule has 21 heavy (non-hydrogen) atoms. The molecule has 0 aliphatic carbocycles. The molecule has 0 amide bonds. The molecule has 0 fully saturated rings. The normalized spacial score (nSPS) is 12.9. The van der Waals surface area contributed by atoms with Gasteiger partial charge in [0, 0.05) is 32.7 Å². The third-order valence-electron chi connectivity index (χ3n) is 3.87. The smallest absolute Gasteiger partial charge is 0.111 e. The minimum atomic E-state index is 0.465. The van der Waals surface area contributed by atoms with Crippen LogP contribution in [0.1, 0.15) is 32.5 Å². The van der Waals surface area contributed by atoms with E-state index in [0.29, 0.717) is 6.04 Å². The van der Waals surface area contributed by atoms with Crippen molar-refractivity contribution in [3.63, 3.8) is 0 Å². The first-order valence-corrected chi connectivity index (χ1v) is 7.96. The summed E-state index contributed by atoms with van der Waals surface area (Å²) < 4.78 is 7.49. The van der Waals surface area contributed by atoms with E-state index in [1.807, 2.05) is 0 Å². The Morgan fingerprint density at radius 1 is 1.29 bits per heavy atom. The fourth-order valence-corrected chi connectivity index (χ4v) is 2.89. The lowest BCUT2D eigenvalue weighted by Crippen LogP contribution is -2.32. The van der Waals surface area contributed by atoms with Crippen LogP contribution in [0.4, 0.5) is 0 Å². The highest BCUT2D eigenvalue weighted by Crippen LogP contribution is 2.18. The van der Waals surface area contributed by atoms with Gasteiger partial charge in [0.2, 0.25) is 0 Å². The van der Waals surface area contributed by atoms with Gasteiger partial charge in [-0.1, -0.05) is 19.1 Å². The molecule has 1 atom stereocenters. The predicted octanol–water partition coefficient (Wildman–Crippen LogP) is 3.00. The van der Waals surface area contributed by atoms with Crippen LogP contribution >= 0.6 is 0 Å². The number of methoxy groups -OCH3 is 1. The van der Waals surface area contributed by atoms with Gasteiger partial charge in [0.05, 0.1) is 11.0 Å². The number of imidazole rings is 1. The highest BCUT2D eigenvalue weighted by Gasteiger charge is 2.14. The summed E-state index contributed by atoms with van der Waals surface area (Å²) in [4.78, 5) is 4.83. The first kappa shape index (κ1) is 16.0. The average Bonchev–Trinajstić information content (AvgIpc) is 2.84. The number of ether oxygens (including phenoxy) is 1. The number of aromatic nitrogens is 2. The van der Waals surface area contributed by atoms with Gasteiger partial charge < -0.3 is 14.6 Å². The molecule has 116 valence electrons. The lowest BCUT2D eigenvalue weighted by molar-refractivity contribution is 0.188. The first-order valence-electron chi connectivity index (χ1n) is 7.96. The molecule has 4 heteroatoms. The summed E-state index contributed by atoms with van der Waals surface area (Å²) >= 11 is 0. The number of hydrogen-bond acceptors (Lipinski definition) is 3. The summed E-state index contributed by atoms with van der Waals surface area (Å²) in [6.07, 6.45) is 3.18. The maximum atomic E-state index is 5.16. The number of likely N-dealkylation sites (N-methyl/N-ethyl adjacent to an activating group) is 1. The third kappa shape index (κ3) is 4.05. The second-order valence-electron chi connectivity index (χ2n) is 5.35. The van der Waals surface area contributed by atoms with Crippen molar-refractivity contribution >= 4 is 11.0 Å². The molecule has 0 bridgehead atoms. The van der Waals surface area contributed by atoms with Crippen molar-refractivity contribution < 1.29 is 4.74 Å². The molecular weight excluding hydrogens is 262 g/mol. The molecule has 4 nitrogen and oxygen atoms in total. The van der Waals surface area contributed by atoms with Crippen LogP contribution in [0.3, 0.4) is 0 Å². The Labute approximate surface area is 127 Å². The molecule has 1 aromatic heterocycles. The Morgan fingerprint density at radius 2 is 2.10 bits per heavy atom. The Morgan fingerprint density at radius 3 is 2.81 bits per heavy atom. The SMILES string of the molecule is CCNC(CCCOC)Cc1nc2ccccc2n1CC. The zero-order valence-corrected chi connectivity index (χ0v) is 13.4. The quantitative estimate of drug-likeness (QED) is 0.721. The van der Waals surface area contributed by atoms with Gasteiger partial charge in [0.15, 0.2) is 0 Å². The van der Waals surface area contributed by atoms with E-state index in [4.69, 9.17) is 9.72 Å². The molecular formula is C17H27N3O. The summed E-state index contributed by atoms with van der Waals surface area (Å²) in [7, 11) is 1.76. The van der Waals surface area contributed by atoms with E-state index in [9.17, 15) is 0 Å². The monoisotopic (exact) mass is 289 g/mol. The molecule has 2 rings (SSSR count). The molecule has 1 unspecified atom stereocenters. The summed E-state index contributed by atoms with van der Waals surface area (Å²) in [6.45, 7) is 7.12. The van der Waals surface area contributed by atoms with Gasteiger partial charge in [-0.3, -0.25) is 0 Å². The minimum Gasteiger partial charge on any atom is -0.385 e. The van der Waals surface area contributed by atoms with Crippen molar-refractivity contribution in [2.45, 2.75) is 45.7 Å². The number of para-hydroxylation sites is 2. The second kappa shape index (κ2) is 8.15. The van der Waals surface area contributed by atoms with Crippen molar-refractivity contribution in [2.24, 2.45) is 0 Å². The summed E-state index contributed by atoms with van der Waals surface area (Å²) in [5.74, 6) is 1.18. The number of hydrogen-bond donors (Lipinski definition) is 1. The topological polar surface area (TPSA) is 39.1 Å². The van der Waals surface area contributed by atoms with Crippen molar-refractivity contribution in [3.8, 4) is 0 Å². The molecule has 1 heterocycles. The van der Waals surface area contributed by atoms with E-state index in [0.717, 1.165) is 44.5 Å². The van der Waals surface area contributed by atoms with Gasteiger partial charge in [-0.15, -0.1) is 0 Å². The number of fused-ring (bicyclic) bond motifs is 1. The maximum absolute atomic E-state index is 5.16. The number of aryl methyl sites for hydroxylation is 1. The molecule has 0 radical (unpaired) electrons. The van der Waals surface area contributed by atoms with Crippen LogP contribution in [-0.4, -0.2) is 35.9 Å². The fourth-order valence-electron chi connectivity index (χ4n) is 2.89. The van der Waals surface area contributed by atoms with Crippen molar-refractivity contribution in [2.75, 3.05) is 20.3 Å².